The van der Waals surface area contributed by atoms with Gasteiger partial charge in [-0.05, 0) is 73.8 Å². The Bertz CT molecular complexity index is 423. The standard InChI is InChI=1S/C17H29BrN2O/c1-5-9-19-14(4)15-7-8-17(16(18)12-15)20(13(2)3)10-6-11-21/h7-8,12-14,19,21H,5-6,9-11H2,1-4H3. The molecular weight excluding hydrogens is 328 g/mol. The summed E-state index contributed by atoms with van der Waals surface area (Å²) in [6.45, 7) is 10.9. The molecule has 21 heavy (non-hydrogen) atoms. The van der Waals surface area contributed by atoms with E-state index in [2.05, 4.69) is 72.0 Å². The summed E-state index contributed by atoms with van der Waals surface area (Å²) in [5.74, 6) is 0. The van der Waals surface area contributed by atoms with E-state index in [4.69, 9.17) is 5.11 Å². The number of nitrogens with one attached hydrogen (secondary N) is 1. The van der Waals surface area contributed by atoms with Gasteiger partial charge in [-0.15, -0.1) is 0 Å². The molecule has 0 aromatic heterocycles. The van der Waals surface area contributed by atoms with Crippen molar-refractivity contribution in [3.8, 4) is 0 Å². The molecule has 0 aliphatic heterocycles. The Labute approximate surface area is 137 Å². The monoisotopic (exact) mass is 356 g/mol. The summed E-state index contributed by atoms with van der Waals surface area (Å²) in [5, 5.41) is 12.6. The van der Waals surface area contributed by atoms with Crippen LogP contribution in [0.1, 0.15) is 52.1 Å². The molecule has 0 saturated carbocycles. The number of benzene rings is 1. The number of rotatable bonds is 9. The Kier molecular flexibility index (Phi) is 8.30. The van der Waals surface area contributed by atoms with Gasteiger partial charge < -0.3 is 15.3 Å². The van der Waals surface area contributed by atoms with Gasteiger partial charge in [-0.2, -0.15) is 0 Å². The molecule has 0 spiro atoms. The molecule has 0 fully saturated rings. The minimum absolute atomic E-state index is 0.233. The van der Waals surface area contributed by atoms with Gasteiger partial charge in [-0.25, -0.2) is 0 Å². The molecule has 0 aliphatic carbocycles. The molecule has 0 aliphatic rings. The third kappa shape index (κ3) is 5.61. The van der Waals surface area contributed by atoms with Crippen LogP contribution in [0.5, 0.6) is 0 Å². The van der Waals surface area contributed by atoms with Gasteiger partial charge >= 0.3 is 0 Å². The topological polar surface area (TPSA) is 35.5 Å². The maximum Gasteiger partial charge on any atom is 0.0513 e. The summed E-state index contributed by atoms with van der Waals surface area (Å²) in [4.78, 5) is 2.33. The summed E-state index contributed by atoms with van der Waals surface area (Å²) in [5.41, 5.74) is 2.50. The van der Waals surface area contributed by atoms with Gasteiger partial charge in [-0.1, -0.05) is 13.0 Å². The van der Waals surface area contributed by atoms with Crippen LogP contribution < -0.4 is 10.2 Å². The second-order valence-corrected chi connectivity index (χ2v) is 6.61. The summed E-state index contributed by atoms with van der Waals surface area (Å²) in [7, 11) is 0. The Balaban J connectivity index is 2.89. The van der Waals surface area contributed by atoms with E-state index in [1.165, 1.54) is 11.3 Å². The average Bonchev–Trinajstić information content (AvgIpc) is 2.46. The van der Waals surface area contributed by atoms with Crippen molar-refractivity contribution in [2.45, 2.75) is 52.6 Å². The van der Waals surface area contributed by atoms with E-state index >= 15 is 0 Å². The predicted molar refractivity (Wildman–Crippen MR) is 95.0 cm³/mol. The van der Waals surface area contributed by atoms with Crippen LogP contribution in [0.25, 0.3) is 0 Å². The lowest BCUT2D eigenvalue weighted by molar-refractivity contribution is 0.288. The fourth-order valence-corrected chi connectivity index (χ4v) is 3.03. The number of hydrogen-bond donors (Lipinski definition) is 2. The lowest BCUT2D eigenvalue weighted by atomic mass is 10.1. The number of aliphatic hydroxyl groups excluding tert-OH is 1. The highest BCUT2D eigenvalue weighted by molar-refractivity contribution is 9.10. The van der Waals surface area contributed by atoms with Crippen molar-refractivity contribution in [1.29, 1.82) is 0 Å². The fourth-order valence-electron chi connectivity index (χ4n) is 2.40. The van der Waals surface area contributed by atoms with E-state index in [-0.39, 0.29) is 6.61 Å². The van der Waals surface area contributed by atoms with Crippen molar-refractivity contribution < 1.29 is 5.11 Å². The van der Waals surface area contributed by atoms with Crippen LogP contribution in [-0.2, 0) is 0 Å². The number of hydrogen-bond acceptors (Lipinski definition) is 3. The molecule has 4 heteroatoms. The molecule has 0 amide bonds. The molecule has 0 heterocycles. The van der Waals surface area contributed by atoms with E-state index in [1.807, 2.05) is 0 Å². The summed E-state index contributed by atoms with van der Waals surface area (Å²) >= 11 is 3.71. The number of aliphatic hydroxyl groups is 1. The van der Waals surface area contributed by atoms with Gasteiger partial charge in [0.2, 0.25) is 0 Å². The van der Waals surface area contributed by atoms with Crippen molar-refractivity contribution in [2.75, 3.05) is 24.6 Å². The molecule has 1 rings (SSSR count). The van der Waals surface area contributed by atoms with Crippen molar-refractivity contribution >= 4 is 21.6 Å². The smallest absolute Gasteiger partial charge is 0.0513 e. The van der Waals surface area contributed by atoms with E-state index in [9.17, 15) is 0 Å². The average molecular weight is 357 g/mol. The second kappa shape index (κ2) is 9.44. The minimum Gasteiger partial charge on any atom is -0.396 e. The lowest BCUT2D eigenvalue weighted by Crippen LogP contribution is -2.32. The van der Waals surface area contributed by atoms with Crippen LogP contribution in [0.15, 0.2) is 22.7 Å². The SMILES string of the molecule is CCCNC(C)c1ccc(N(CCCO)C(C)C)c(Br)c1. The molecule has 0 bridgehead atoms. The zero-order chi connectivity index (χ0) is 15.8. The van der Waals surface area contributed by atoms with Gasteiger partial charge in [0.1, 0.15) is 0 Å². The first-order chi connectivity index (χ1) is 10.0. The molecule has 120 valence electrons. The maximum absolute atomic E-state index is 9.07. The fraction of sp³-hybridized carbons (Fsp3) is 0.647. The number of anilines is 1. The zero-order valence-electron chi connectivity index (χ0n) is 13.7. The Morgan fingerprint density at radius 2 is 2.00 bits per heavy atom. The minimum atomic E-state index is 0.233. The molecule has 1 unspecified atom stereocenters. The first-order valence-corrected chi connectivity index (χ1v) is 8.70. The Hall–Kier alpha value is -0.580. The quantitative estimate of drug-likeness (QED) is 0.698. The highest BCUT2D eigenvalue weighted by atomic mass is 79.9. The molecule has 2 N–H and O–H groups in total. The normalized spacial score (nSPS) is 12.7. The molecule has 0 saturated heterocycles. The first-order valence-electron chi connectivity index (χ1n) is 7.91. The van der Waals surface area contributed by atoms with E-state index in [1.54, 1.807) is 0 Å². The van der Waals surface area contributed by atoms with E-state index in [0.29, 0.717) is 12.1 Å². The highest BCUT2D eigenvalue weighted by Gasteiger charge is 2.15. The van der Waals surface area contributed by atoms with Gasteiger partial charge in [0.25, 0.3) is 0 Å². The van der Waals surface area contributed by atoms with Crippen molar-refractivity contribution in [3.05, 3.63) is 28.2 Å². The van der Waals surface area contributed by atoms with Crippen molar-refractivity contribution in [3.63, 3.8) is 0 Å². The summed E-state index contributed by atoms with van der Waals surface area (Å²) in [6, 6.07) is 7.36. The molecule has 0 radical (unpaired) electrons. The Morgan fingerprint density at radius 1 is 1.29 bits per heavy atom. The van der Waals surface area contributed by atoms with Crippen LogP contribution in [0.3, 0.4) is 0 Å². The molecule has 1 aromatic rings. The van der Waals surface area contributed by atoms with Gasteiger partial charge in [0.05, 0.1) is 5.69 Å². The van der Waals surface area contributed by atoms with Gasteiger partial charge in [0, 0.05) is 29.7 Å². The van der Waals surface area contributed by atoms with Gasteiger partial charge in [0.15, 0.2) is 0 Å². The van der Waals surface area contributed by atoms with Crippen LogP contribution in [0.4, 0.5) is 5.69 Å². The number of halogens is 1. The lowest BCUT2D eigenvalue weighted by Gasteiger charge is -2.30. The molecule has 1 atom stereocenters. The van der Waals surface area contributed by atoms with E-state index < -0.39 is 0 Å². The predicted octanol–water partition coefficient (Wildman–Crippen LogP) is 4.11. The molecule has 3 nitrogen and oxygen atoms in total. The van der Waals surface area contributed by atoms with Gasteiger partial charge in [-0.3, -0.25) is 0 Å². The van der Waals surface area contributed by atoms with Crippen LogP contribution in [0.2, 0.25) is 0 Å². The third-order valence-corrected chi connectivity index (χ3v) is 4.30. The van der Waals surface area contributed by atoms with Crippen molar-refractivity contribution in [2.24, 2.45) is 0 Å². The third-order valence-electron chi connectivity index (χ3n) is 3.66. The van der Waals surface area contributed by atoms with Crippen LogP contribution >= 0.6 is 15.9 Å². The zero-order valence-corrected chi connectivity index (χ0v) is 15.3. The largest absolute Gasteiger partial charge is 0.396 e. The van der Waals surface area contributed by atoms with E-state index in [0.717, 1.165) is 30.4 Å². The maximum atomic E-state index is 9.07. The second-order valence-electron chi connectivity index (χ2n) is 5.75. The summed E-state index contributed by atoms with van der Waals surface area (Å²) in [6.07, 6.45) is 1.94. The summed E-state index contributed by atoms with van der Waals surface area (Å²) < 4.78 is 1.12. The van der Waals surface area contributed by atoms with Crippen molar-refractivity contribution in [1.82, 2.24) is 5.32 Å². The van der Waals surface area contributed by atoms with Crippen LogP contribution in [-0.4, -0.2) is 30.8 Å². The molecule has 1 aromatic carbocycles. The Morgan fingerprint density at radius 3 is 2.52 bits per heavy atom. The first kappa shape index (κ1) is 18.5. The highest BCUT2D eigenvalue weighted by Crippen LogP contribution is 2.30. The molecular formula is C17H29BrN2O. The van der Waals surface area contributed by atoms with Crippen LogP contribution in [0, 0.1) is 0 Å². The number of nitrogens with zero attached hydrogens (tertiary/aromatic N) is 1.